The lowest BCUT2D eigenvalue weighted by Crippen LogP contribution is -2.30. The lowest BCUT2D eigenvalue weighted by molar-refractivity contribution is 0.0679. The summed E-state index contributed by atoms with van der Waals surface area (Å²) in [5, 5.41) is 0. The topological polar surface area (TPSA) is 38.8 Å². The number of hydrogen-bond acceptors (Lipinski definition) is 3. The lowest BCUT2D eigenvalue weighted by Gasteiger charge is -2.19. The Balaban J connectivity index is 1.68. The molecule has 3 rings (SSSR count). The zero-order valence-corrected chi connectivity index (χ0v) is 12.1. The molecule has 0 saturated carbocycles. The minimum atomic E-state index is 0.126. The third-order valence-corrected chi connectivity index (χ3v) is 3.99. The fraction of sp³-hybridized carbons (Fsp3) is 0.562. The van der Waals surface area contributed by atoms with Crippen LogP contribution in [0.15, 0.2) is 18.2 Å². The van der Waals surface area contributed by atoms with E-state index in [1.165, 1.54) is 0 Å². The molecule has 0 spiro atoms. The van der Waals surface area contributed by atoms with Crippen LogP contribution in [0.25, 0.3) is 0 Å². The molecule has 4 nitrogen and oxygen atoms in total. The monoisotopic (exact) mass is 275 g/mol. The number of ether oxygens (including phenoxy) is 2. The van der Waals surface area contributed by atoms with E-state index < -0.39 is 0 Å². The zero-order valence-electron chi connectivity index (χ0n) is 12.1. The number of hydrogen-bond donors (Lipinski definition) is 0. The quantitative estimate of drug-likeness (QED) is 0.848. The van der Waals surface area contributed by atoms with Gasteiger partial charge in [-0.1, -0.05) is 0 Å². The molecule has 1 aromatic carbocycles. The van der Waals surface area contributed by atoms with Gasteiger partial charge in [-0.25, -0.2) is 0 Å². The van der Waals surface area contributed by atoms with Crippen LogP contribution in [0, 0.1) is 0 Å². The van der Waals surface area contributed by atoms with Crippen LogP contribution in [-0.4, -0.2) is 36.2 Å². The van der Waals surface area contributed by atoms with Crippen molar-refractivity contribution in [3.63, 3.8) is 0 Å². The predicted molar refractivity (Wildman–Crippen MR) is 75.9 cm³/mol. The Kier molecular flexibility index (Phi) is 3.66. The molecule has 0 N–H and O–H groups in total. The van der Waals surface area contributed by atoms with Gasteiger partial charge in [0.25, 0.3) is 5.91 Å². The highest BCUT2D eigenvalue weighted by molar-refractivity contribution is 5.98. The Morgan fingerprint density at radius 1 is 1.45 bits per heavy atom. The van der Waals surface area contributed by atoms with E-state index in [1.54, 1.807) is 0 Å². The first-order valence-electron chi connectivity index (χ1n) is 7.33. The summed E-state index contributed by atoms with van der Waals surface area (Å²) in [6, 6.07) is 5.98. The molecule has 1 saturated heterocycles. The van der Waals surface area contributed by atoms with Gasteiger partial charge in [-0.05, 0) is 50.5 Å². The smallest absolute Gasteiger partial charge is 0.254 e. The van der Waals surface area contributed by atoms with Gasteiger partial charge < -0.3 is 14.4 Å². The SMILES string of the molecule is CC(C)N1Cc2cc(OCC3CCCO3)ccc2C1=O. The molecule has 20 heavy (non-hydrogen) atoms. The summed E-state index contributed by atoms with van der Waals surface area (Å²) >= 11 is 0. The second-order valence-corrected chi connectivity index (χ2v) is 5.79. The number of nitrogens with zero attached hydrogens (tertiary/aromatic N) is 1. The number of carbonyl (C=O) groups is 1. The van der Waals surface area contributed by atoms with Crippen LogP contribution in [-0.2, 0) is 11.3 Å². The lowest BCUT2D eigenvalue weighted by atomic mass is 10.1. The molecule has 1 unspecified atom stereocenters. The summed E-state index contributed by atoms with van der Waals surface area (Å²) in [5.41, 5.74) is 1.87. The average molecular weight is 275 g/mol. The maximum atomic E-state index is 12.2. The molecule has 1 fully saturated rings. The molecule has 108 valence electrons. The molecule has 0 radical (unpaired) electrons. The van der Waals surface area contributed by atoms with Gasteiger partial charge in [-0.15, -0.1) is 0 Å². The highest BCUT2D eigenvalue weighted by atomic mass is 16.5. The van der Waals surface area contributed by atoms with Gasteiger partial charge in [0.2, 0.25) is 0 Å². The van der Waals surface area contributed by atoms with Crippen molar-refractivity contribution in [1.29, 1.82) is 0 Å². The first kappa shape index (κ1) is 13.4. The van der Waals surface area contributed by atoms with Gasteiger partial charge in [-0.3, -0.25) is 4.79 Å². The van der Waals surface area contributed by atoms with Crippen molar-refractivity contribution in [2.75, 3.05) is 13.2 Å². The van der Waals surface area contributed by atoms with E-state index in [0.717, 1.165) is 36.3 Å². The first-order valence-corrected chi connectivity index (χ1v) is 7.33. The zero-order chi connectivity index (χ0) is 14.1. The van der Waals surface area contributed by atoms with Crippen LogP contribution in [0.3, 0.4) is 0 Å². The highest BCUT2D eigenvalue weighted by Crippen LogP contribution is 2.28. The number of rotatable bonds is 4. The minimum absolute atomic E-state index is 0.126. The molecular weight excluding hydrogens is 254 g/mol. The number of fused-ring (bicyclic) bond motifs is 1. The van der Waals surface area contributed by atoms with Crippen LogP contribution >= 0.6 is 0 Å². The van der Waals surface area contributed by atoms with Crippen LogP contribution in [0.2, 0.25) is 0 Å². The van der Waals surface area contributed by atoms with Crippen molar-refractivity contribution >= 4 is 5.91 Å². The summed E-state index contributed by atoms with van der Waals surface area (Å²) in [6.07, 6.45) is 2.41. The number of amides is 1. The molecule has 1 amide bonds. The van der Waals surface area contributed by atoms with Crippen LogP contribution in [0.5, 0.6) is 5.75 Å². The van der Waals surface area contributed by atoms with Crippen LogP contribution < -0.4 is 4.74 Å². The standard InChI is InChI=1S/C16H21NO3/c1-11(2)17-9-12-8-13(5-6-15(12)16(17)18)20-10-14-4-3-7-19-14/h5-6,8,11,14H,3-4,7,9-10H2,1-2H3. The van der Waals surface area contributed by atoms with E-state index in [4.69, 9.17) is 9.47 Å². The maximum absolute atomic E-state index is 12.2. The van der Waals surface area contributed by atoms with Crippen molar-refractivity contribution in [2.24, 2.45) is 0 Å². The third kappa shape index (κ3) is 2.52. The molecule has 2 aliphatic rings. The summed E-state index contributed by atoms with van der Waals surface area (Å²) in [5.74, 6) is 0.957. The van der Waals surface area contributed by atoms with Crippen molar-refractivity contribution < 1.29 is 14.3 Å². The van der Waals surface area contributed by atoms with E-state index in [1.807, 2.05) is 36.9 Å². The van der Waals surface area contributed by atoms with E-state index >= 15 is 0 Å². The fourth-order valence-corrected chi connectivity index (χ4v) is 2.79. The number of carbonyl (C=O) groups excluding carboxylic acids is 1. The van der Waals surface area contributed by atoms with Crippen LogP contribution in [0.4, 0.5) is 0 Å². The summed E-state index contributed by atoms with van der Waals surface area (Å²) in [7, 11) is 0. The van der Waals surface area contributed by atoms with Gasteiger partial charge in [0.05, 0.1) is 6.10 Å². The first-order chi connectivity index (χ1) is 9.65. The summed E-state index contributed by atoms with van der Waals surface area (Å²) < 4.78 is 11.3. The Labute approximate surface area is 119 Å². The van der Waals surface area contributed by atoms with Gasteiger partial charge >= 0.3 is 0 Å². The van der Waals surface area contributed by atoms with Crippen molar-refractivity contribution in [2.45, 2.75) is 45.4 Å². The number of benzene rings is 1. The van der Waals surface area contributed by atoms with E-state index in [0.29, 0.717) is 13.2 Å². The van der Waals surface area contributed by atoms with E-state index in [9.17, 15) is 4.79 Å². The van der Waals surface area contributed by atoms with Gasteiger partial charge in [0.15, 0.2) is 0 Å². The molecular formula is C16H21NO3. The molecule has 4 heteroatoms. The molecule has 0 aromatic heterocycles. The Bertz CT molecular complexity index is 506. The third-order valence-electron chi connectivity index (χ3n) is 3.99. The van der Waals surface area contributed by atoms with Gasteiger partial charge in [0, 0.05) is 24.8 Å². The molecule has 1 aromatic rings. The molecule has 2 aliphatic heterocycles. The normalized spacial score (nSPS) is 21.6. The minimum Gasteiger partial charge on any atom is -0.491 e. The fourth-order valence-electron chi connectivity index (χ4n) is 2.79. The Morgan fingerprint density at radius 2 is 2.30 bits per heavy atom. The van der Waals surface area contributed by atoms with Crippen molar-refractivity contribution in [3.8, 4) is 5.75 Å². The summed E-state index contributed by atoms with van der Waals surface area (Å²) in [4.78, 5) is 14.1. The van der Waals surface area contributed by atoms with E-state index in [-0.39, 0.29) is 18.1 Å². The molecule has 0 bridgehead atoms. The second-order valence-electron chi connectivity index (χ2n) is 5.79. The maximum Gasteiger partial charge on any atom is 0.254 e. The Morgan fingerprint density at radius 3 is 3.00 bits per heavy atom. The Hall–Kier alpha value is -1.55. The molecule has 1 atom stereocenters. The molecule has 0 aliphatic carbocycles. The largest absolute Gasteiger partial charge is 0.491 e. The van der Waals surface area contributed by atoms with E-state index in [2.05, 4.69) is 0 Å². The second kappa shape index (κ2) is 5.44. The molecule has 2 heterocycles. The van der Waals surface area contributed by atoms with Gasteiger partial charge in [-0.2, -0.15) is 0 Å². The van der Waals surface area contributed by atoms with Crippen molar-refractivity contribution in [1.82, 2.24) is 4.90 Å². The van der Waals surface area contributed by atoms with Gasteiger partial charge in [0.1, 0.15) is 12.4 Å². The van der Waals surface area contributed by atoms with Crippen LogP contribution in [0.1, 0.15) is 42.6 Å². The highest BCUT2D eigenvalue weighted by Gasteiger charge is 2.29. The van der Waals surface area contributed by atoms with Crippen molar-refractivity contribution in [3.05, 3.63) is 29.3 Å². The summed E-state index contributed by atoms with van der Waals surface area (Å²) in [6.45, 7) is 6.21. The average Bonchev–Trinajstić information content (AvgIpc) is 3.04. The predicted octanol–water partition coefficient (Wildman–Crippen LogP) is 2.61.